The average molecular weight is 313 g/mol. The molecule has 108 valence electrons. The van der Waals surface area contributed by atoms with Crippen molar-refractivity contribution >= 4 is 44.6 Å². The molecule has 2 rings (SSSR count). The molecule has 20 heavy (non-hydrogen) atoms. The number of nitrogens with two attached hydrogens (primary N) is 1. The van der Waals surface area contributed by atoms with Crippen molar-refractivity contribution in [3.63, 3.8) is 0 Å². The Morgan fingerprint density at radius 3 is 3.00 bits per heavy atom. The molecule has 1 atom stereocenters. The number of nitrogen functional groups attached to an aromatic ring is 1. The lowest BCUT2D eigenvalue weighted by Gasteiger charge is -2.12. The number of thiophene rings is 1. The van der Waals surface area contributed by atoms with Crippen molar-refractivity contribution in [2.45, 2.75) is 25.8 Å². The number of rotatable bonds is 5. The molecule has 1 aromatic carbocycles. The Kier molecular flexibility index (Phi) is 4.86. The van der Waals surface area contributed by atoms with Crippen molar-refractivity contribution in [1.82, 2.24) is 5.32 Å². The Bertz CT molecular complexity index is 627. The summed E-state index contributed by atoms with van der Waals surface area (Å²) < 4.78 is 0.906. The van der Waals surface area contributed by atoms with E-state index in [2.05, 4.69) is 5.32 Å². The number of benzene rings is 1. The fourth-order valence-electron chi connectivity index (χ4n) is 2.02. The van der Waals surface area contributed by atoms with Gasteiger partial charge in [0.25, 0.3) is 5.91 Å². The Morgan fingerprint density at radius 2 is 2.30 bits per heavy atom. The second kappa shape index (κ2) is 6.43. The van der Waals surface area contributed by atoms with Crippen molar-refractivity contribution in [2.24, 2.45) is 0 Å². The number of carbonyl (C=O) groups excluding carboxylic acids is 1. The fourth-order valence-corrected chi connectivity index (χ4v) is 3.32. The second-order valence-corrected chi connectivity index (χ2v) is 6.21. The van der Waals surface area contributed by atoms with Crippen molar-refractivity contribution in [1.29, 1.82) is 0 Å². The molecule has 4 nitrogen and oxygen atoms in total. The number of halogens is 1. The van der Waals surface area contributed by atoms with Crippen LogP contribution in [0.1, 0.15) is 29.4 Å². The van der Waals surface area contributed by atoms with Gasteiger partial charge in [0.1, 0.15) is 4.88 Å². The topological polar surface area (TPSA) is 75.3 Å². The lowest BCUT2D eigenvalue weighted by atomic mass is 10.2. The lowest BCUT2D eigenvalue weighted by Crippen LogP contribution is -2.32. The van der Waals surface area contributed by atoms with Crippen LogP contribution in [-0.4, -0.2) is 23.7 Å². The van der Waals surface area contributed by atoms with Gasteiger partial charge in [-0.05, 0) is 38.0 Å². The van der Waals surface area contributed by atoms with Crippen molar-refractivity contribution < 1.29 is 9.90 Å². The van der Waals surface area contributed by atoms with Crippen LogP contribution in [0.5, 0.6) is 0 Å². The maximum Gasteiger partial charge on any atom is 0.263 e. The highest BCUT2D eigenvalue weighted by atomic mass is 35.5. The molecule has 0 aliphatic rings. The van der Waals surface area contributed by atoms with E-state index in [1.165, 1.54) is 11.3 Å². The van der Waals surface area contributed by atoms with Gasteiger partial charge >= 0.3 is 0 Å². The maximum atomic E-state index is 12.2. The van der Waals surface area contributed by atoms with E-state index < -0.39 is 0 Å². The van der Waals surface area contributed by atoms with Gasteiger partial charge in [-0.25, -0.2) is 0 Å². The van der Waals surface area contributed by atoms with Gasteiger partial charge in [-0.2, -0.15) is 0 Å². The van der Waals surface area contributed by atoms with Crippen LogP contribution in [-0.2, 0) is 0 Å². The van der Waals surface area contributed by atoms with E-state index in [4.69, 9.17) is 22.4 Å². The number of anilines is 1. The van der Waals surface area contributed by atoms with Gasteiger partial charge < -0.3 is 16.2 Å². The summed E-state index contributed by atoms with van der Waals surface area (Å²) in [5.74, 6) is -0.176. The van der Waals surface area contributed by atoms with Crippen LogP contribution in [0.4, 0.5) is 5.69 Å². The predicted molar refractivity (Wildman–Crippen MR) is 84.5 cm³/mol. The highest BCUT2D eigenvalue weighted by Crippen LogP contribution is 2.35. The number of amides is 1. The number of hydrogen-bond donors (Lipinski definition) is 3. The average Bonchev–Trinajstić information content (AvgIpc) is 2.73. The number of hydrogen-bond acceptors (Lipinski definition) is 4. The summed E-state index contributed by atoms with van der Waals surface area (Å²) in [5, 5.41) is 13.2. The van der Waals surface area contributed by atoms with Gasteiger partial charge in [-0.1, -0.05) is 11.6 Å². The first-order valence-corrected chi connectivity index (χ1v) is 7.61. The molecule has 1 heterocycles. The molecule has 0 aliphatic carbocycles. The third-order valence-corrected chi connectivity index (χ3v) is 4.47. The van der Waals surface area contributed by atoms with E-state index in [0.29, 0.717) is 22.0 Å². The summed E-state index contributed by atoms with van der Waals surface area (Å²) in [7, 11) is 0. The van der Waals surface area contributed by atoms with Gasteiger partial charge in [-0.3, -0.25) is 4.79 Å². The Hall–Kier alpha value is -1.30. The molecular weight excluding hydrogens is 296 g/mol. The van der Waals surface area contributed by atoms with E-state index in [9.17, 15) is 4.79 Å². The molecule has 0 aliphatic heterocycles. The van der Waals surface area contributed by atoms with Gasteiger partial charge in [-0.15, -0.1) is 11.3 Å². The molecule has 2 aromatic rings. The van der Waals surface area contributed by atoms with Crippen molar-refractivity contribution in [3.8, 4) is 0 Å². The molecule has 0 saturated heterocycles. The standard InChI is InChI=1S/C14H17ClN2O2S/c1-8(3-2-6-18)17-14(19)13-12(16)10-5-4-9(15)7-11(10)20-13/h4-5,7-8,18H,2-3,6,16H2,1H3,(H,17,19). The van der Waals surface area contributed by atoms with E-state index >= 15 is 0 Å². The van der Waals surface area contributed by atoms with Crippen LogP contribution in [0.3, 0.4) is 0 Å². The monoisotopic (exact) mass is 312 g/mol. The first-order valence-electron chi connectivity index (χ1n) is 6.42. The zero-order valence-electron chi connectivity index (χ0n) is 11.1. The summed E-state index contributed by atoms with van der Waals surface area (Å²) in [6.45, 7) is 2.04. The summed E-state index contributed by atoms with van der Waals surface area (Å²) in [6, 6.07) is 5.40. The van der Waals surface area contributed by atoms with Crippen LogP contribution >= 0.6 is 22.9 Å². The van der Waals surface area contributed by atoms with Gasteiger partial charge in [0.15, 0.2) is 0 Å². The van der Waals surface area contributed by atoms with E-state index in [1.807, 2.05) is 19.1 Å². The number of carbonyl (C=O) groups is 1. The van der Waals surface area contributed by atoms with Crippen LogP contribution in [0.2, 0.25) is 5.02 Å². The largest absolute Gasteiger partial charge is 0.397 e. The summed E-state index contributed by atoms with van der Waals surface area (Å²) in [6.07, 6.45) is 1.40. The molecule has 0 fully saturated rings. The molecule has 1 aromatic heterocycles. The molecule has 0 radical (unpaired) electrons. The Labute approximate surface area is 126 Å². The SMILES string of the molecule is CC(CCCO)NC(=O)c1sc2cc(Cl)ccc2c1N. The minimum atomic E-state index is -0.176. The number of aliphatic hydroxyl groups is 1. The smallest absolute Gasteiger partial charge is 0.263 e. The second-order valence-electron chi connectivity index (χ2n) is 4.73. The minimum Gasteiger partial charge on any atom is -0.397 e. The number of fused-ring (bicyclic) bond motifs is 1. The summed E-state index contributed by atoms with van der Waals surface area (Å²) in [5.41, 5.74) is 6.53. The molecule has 1 unspecified atom stereocenters. The van der Waals surface area contributed by atoms with Gasteiger partial charge in [0.2, 0.25) is 0 Å². The van der Waals surface area contributed by atoms with E-state index in [-0.39, 0.29) is 18.6 Å². The summed E-state index contributed by atoms with van der Waals surface area (Å²) in [4.78, 5) is 12.7. The number of nitrogens with one attached hydrogen (secondary N) is 1. The summed E-state index contributed by atoms with van der Waals surface area (Å²) >= 11 is 7.28. The maximum absolute atomic E-state index is 12.2. The molecule has 0 spiro atoms. The van der Waals surface area contributed by atoms with Gasteiger partial charge in [0.05, 0.1) is 5.69 Å². The zero-order valence-corrected chi connectivity index (χ0v) is 12.7. The molecule has 4 N–H and O–H groups in total. The predicted octanol–water partition coefficient (Wildman–Crippen LogP) is 3.03. The highest BCUT2D eigenvalue weighted by molar-refractivity contribution is 7.21. The van der Waals surface area contributed by atoms with E-state index in [1.54, 1.807) is 6.07 Å². The molecule has 6 heteroatoms. The van der Waals surface area contributed by atoms with Crippen molar-refractivity contribution in [3.05, 3.63) is 28.1 Å². The molecule has 0 saturated carbocycles. The minimum absolute atomic E-state index is 0.00264. The number of aliphatic hydroxyl groups excluding tert-OH is 1. The zero-order chi connectivity index (χ0) is 14.7. The third-order valence-electron chi connectivity index (χ3n) is 3.07. The normalized spacial score (nSPS) is 12.6. The van der Waals surface area contributed by atoms with Crippen LogP contribution < -0.4 is 11.1 Å². The molecular formula is C14H17ClN2O2S. The van der Waals surface area contributed by atoms with Crippen LogP contribution in [0.25, 0.3) is 10.1 Å². The van der Waals surface area contributed by atoms with Crippen molar-refractivity contribution in [2.75, 3.05) is 12.3 Å². The fraction of sp³-hybridized carbons (Fsp3) is 0.357. The van der Waals surface area contributed by atoms with E-state index in [0.717, 1.165) is 16.5 Å². The Balaban J connectivity index is 2.20. The molecule has 1 amide bonds. The lowest BCUT2D eigenvalue weighted by molar-refractivity contribution is 0.0941. The first kappa shape index (κ1) is 15.1. The van der Waals surface area contributed by atoms with Crippen LogP contribution in [0.15, 0.2) is 18.2 Å². The van der Waals surface area contributed by atoms with Gasteiger partial charge in [0, 0.05) is 27.8 Å². The highest BCUT2D eigenvalue weighted by Gasteiger charge is 2.17. The third kappa shape index (κ3) is 3.23. The Morgan fingerprint density at radius 1 is 1.55 bits per heavy atom. The first-order chi connectivity index (χ1) is 9.52. The van der Waals surface area contributed by atoms with Crippen LogP contribution in [0, 0.1) is 0 Å². The quantitative estimate of drug-likeness (QED) is 0.794. The molecule has 0 bridgehead atoms.